The first kappa shape index (κ1) is 67.6. The average molecular weight is 975 g/mol. The minimum absolute atomic E-state index is 0.00471. The van der Waals surface area contributed by atoms with Crippen molar-refractivity contribution in [2.24, 2.45) is 0 Å². The third-order valence-corrected chi connectivity index (χ3v) is 14.8. The quantitative estimate of drug-likeness (QED) is 0.0321. The number of hydrogen-bond donors (Lipinski definition) is 3. The van der Waals surface area contributed by atoms with E-state index >= 15 is 0 Å². The predicted octanol–water partition coefficient (Wildman–Crippen LogP) is 19.6. The van der Waals surface area contributed by atoms with Crippen molar-refractivity contribution in [2.45, 2.75) is 366 Å². The van der Waals surface area contributed by atoms with Crippen molar-refractivity contribution in [3.05, 3.63) is 12.2 Å². The molecule has 0 radical (unpaired) electrons. The summed E-state index contributed by atoms with van der Waals surface area (Å²) in [5, 5.41) is 23.2. The van der Waals surface area contributed by atoms with E-state index < -0.39 is 12.1 Å². The Morgan fingerprint density at radius 3 is 0.986 bits per heavy atom. The standard InChI is InChI=1S/C63H123NO5/c1-3-5-7-9-11-13-15-17-18-19-20-21-22-23-24-25-28-32-35-39-43-47-51-55-61(66)60(59-65)64-62(67)56-52-48-44-40-36-33-29-26-27-30-34-38-42-46-50-54-58-69-63(68)57-53-49-45-41-37-31-16-14-12-10-8-6-4-2/h51,55,60-61,65-66H,3-50,52-54,56-59H2,1-2H3,(H,64,67)/b55-51+. The molecule has 3 N–H and O–H groups in total. The molecule has 0 bridgehead atoms. The van der Waals surface area contributed by atoms with Crippen LogP contribution in [0.25, 0.3) is 0 Å². The van der Waals surface area contributed by atoms with E-state index in [4.69, 9.17) is 4.74 Å². The summed E-state index contributed by atoms with van der Waals surface area (Å²) in [6.07, 6.45) is 71.0. The molecule has 410 valence electrons. The third kappa shape index (κ3) is 55.8. The van der Waals surface area contributed by atoms with Gasteiger partial charge in [-0.15, -0.1) is 0 Å². The second kappa shape index (κ2) is 59.2. The van der Waals surface area contributed by atoms with Crippen LogP contribution >= 0.6 is 0 Å². The number of aliphatic hydroxyl groups is 2. The van der Waals surface area contributed by atoms with Crippen LogP contribution < -0.4 is 5.32 Å². The fraction of sp³-hybridized carbons (Fsp3) is 0.937. The predicted molar refractivity (Wildman–Crippen MR) is 301 cm³/mol. The minimum Gasteiger partial charge on any atom is -0.466 e. The van der Waals surface area contributed by atoms with Gasteiger partial charge < -0.3 is 20.3 Å². The number of ether oxygens (including phenoxy) is 1. The molecule has 0 heterocycles. The van der Waals surface area contributed by atoms with Crippen LogP contribution in [0, 0.1) is 0 Å². The molecule has 1 amide bonds. The van der Waals surface area contributed by atoms with Crippen molar-refractivity contribution < 1.29 is 24.5 Å². The van der Waals surface area contributed by atoms with Crippen LogP contribution in [0.5, 0.6) is 0 Å². The molecular formula is C63H123NO5. The number of allylic oxidation sites excluding steroid dienone is 1. The maximum atomic E-state index is 12.5. The van der Waals surface area contributed by atoms with Crippen molar-refractivity contribution in [1.29, 1.82) is 0 Å². The summed E-state index contributed by atoms with van der Waals surface area (Å²) in [5.74, 6) is -0.0658. The molecule has 0 fully saturated rings. The maximum absolute atomic E-state index is 12.5. The number of carbonyl (C=O) groups is 2. The van der Waals surface area contributed by atoms with E-state index in [-0.39, 0.29) is 18.5 Å². The topological polar surface area (TPSA) is 95.9 Å². The van der Waals surface area contributed by atoms with Gasteiger partial charge in [0.2, 0.25) is 5.91 Å². The number of nitrogens with one attached hydrogen (secondary N) is 1. The fourth-order valence-corrected chi connectivity index (χ4v) is 9.99. The van der Waals surface area contributed by atoms with Crippen LogP contribution in [-0.2, 0) is 14.3 Å². The molecule has 0 aromatic carbocycles. The highest BCUT2D eigenvalue weighted by molar-refractivity contribution is 5.76. The Bertz CT molecular complexity index is 1030. The lowest BCUT2D eigenvalue weighted by atomic mass is 10.0. The van der Waals surface area contributed by atoms with E-state index in [0.717, 1.165) is 44.9 Å². The van der Waals surface area contributed by atoms with Crippen LogP contribution in [0.2, 0.25) is 0 Å². The molecule has 0 saturated carbocycles. The largest absolute Gasteiger partial charge is 0.466 e. The number of esters is 1. The van der Waals surface area contributed by atoms with Gasteiger partial charge in [0.15, 0.2) is 0 Å². The Labute approximate surface area is 431 Å². The van der Waals surface area contributed by atoms with Gasteiger partial charge in [-0.25, -0.2) is 0 Å². The summed E-state index contributed by atoms with van der Waals surface area (Å²) < 4.78 is 5.48. The summed E-state index contributed by atoms with van der Waals surface area (Å²) in [4.78, 5) is 24.5. The van der Waals surface area contributed by atoms with Crippen molar-refractivity contribution in [1.82, 2.24) is 5.32 Å². The van der Waals surface area contributed by atoms with E-state index in [9.17, 15) is 19.8 Å². The van der Waals surface area contributed by atoms with E-state index in [2.05, 4.69) is 19.2 Å². The first-order valence-corrected chi connectivity index (χ1v) is 31.5. The van der Waals surface area contributed by atoms with Gasteiger partial charge in [-0.2, -0.15) is 0 Å². The van der Waals surface area contributed by atoms with E-state index in [1.54, 1.807) is 6.08 Å². The number of rotatable bonds is 59. The molecule has 0 aliphatic rings. The first-order valence-electron chi connectivity index (χ1n) is 31.5. The van der Waals surface area contributed by atoms with Crippen LogP contribution in [0.4, 0.5) is 0 Å². The molecule has 2 unspecified atom stereocenters. The van der Waals surface area contributed by atoms with Gasteiger partial charge in [0, 0.05) is 12.8 Å². The molecule has 0 aromatic heterocycles. The number of aliphatic hydroxyl groups excluding tert-OH is 2. The second-order valence-electron chi connectivity index (χ2n) is 21.8. The highest BCUT2D eigenvalue weighted by Gasteiger charge is 2.18. The lowest BCUT2D eigenvalue weighted by molar-refractivity contribution is -0.143. The zero-order valence-corrected chi connectivity index (χ0v) is 46.8. The monoisotopic (exact) mass is 974 g/mol. The number of hydrogen-bond acceptors (Lipinski definition) is 5. The van der Waals surface area contributed by atoms with Gasteiger partial charge in [-0.3, -0.25) is 9.59 Å². The van der Waals surface area contributed by atoms with Gasteiger partial charge in [-0.05, 0) is 32.1 Å². The molecule has 0 saturated heterocycles. The number of amides is 1. The third-order valence-electron chi connectivity index (χ3n) is 14.8. The average Bonchev–Trinajstić information content (AvgIpc) is 3.35. The van der Waals surface area contributed by atoms with Crippen molar-refractivity contribution in [3.8, 4) is 0 Å². The summed E-state index contributed by atoms with van der Waals surface area (Å²) >= 11 is 0. The Kier molecular flexibility index (Phi) is 58.0. The van der Waals surface area contributed by atoms with E-state index in [1.807, 2.05) is 6.08 Å². The molecule has 0 aliphatic carbocycles. The van der Waals surface area contributed by atoms with Crippen molar-refractivity contribution >= 4 is 11.9 Å². The van der Waals surface area contributed by atoms with Crippen molar-refractivity contribution in [2.75, 3.05) is 13.2 Å². The summed E-state index contributed by atoms with van der Waals surface area (Å²) in [5.41, 5.74) is 0. The Morgan fingerprint density at radius 1 is 0.391 bits per heavy atom. The molecule has 0 aliphatic heterocycles. The molecule has 0 aromatic rings. The van der Waals surface area contributed by atoms with Gasteiger partial charge >= 0.3 is 5.97 Å². The number of unbranched alkanes of at least 4 members (excludes halogenated alkanes) is 48. The first-order chi connectivity index (χ1) is 34.0. The second-order valence-corrected chi connectivity index (χ2v) is 21.8. The van der Waals surface area contributed by atoms with Crippen LogP contribution in [-0.4, -0.2) is 47.4 Å². The summed E-state index contributed by atoms with van der Waals surface area (Å²) in [7, 11) is 0. The van der Waals surface area contributed by atoms with Crippen LogP contribution in [0.15, 0.2) is 12.2 Å². The molecule has 69 heavy (non-hydrogen) atoms. The van der Waals surface area contributed by atoms with Gasteiger partial charge in [0.25, 0.3) is 0 Å². The number of carbonyl (C=O) groups excluding carboxylic acids is 2. The Morgan fingerprint density at radius 2 is 0.667 bits per heavy atom. The molecule has 2 atom stereocenters. The molecular weight excluding hydrogens is 851 g/mol. The van der Waals surface area contributed by atoms with Gasteiger partial charge in [0.05, 0.1) is 25.4 Å². The summed E-state index contributed by atoms with van der Waals surface area (Å²) in [6.45, 7) is 4.92. The smallest absolute Gasteiger partial charge is 0.305 e. The van der Waals surface area contributed by atoms with E-state index in [1.165, 1.54) is 283 Å². The summed E-state index contributed by atoms with van der Waals surface area (Å²) in [6, 6.07) is -0.633. The zero-order valence-electron chi connectivity index (χ0n) is 46.8. The normalized spacial score (nSPS) is 12.6. The lowest BCUT2D eigenvalue weighted by Gasteiger charge is -2.20. The Hall–Kier alpha value is -1.40. The van der Waals surface area contributed by atoms with Crippen molar-refractivity contribution in [3.63, 3.8) is 0 Å². The Balaban J connectivity index is 3.45. The molecule has 0 spiro atoms. The van der Waals surface area contributed by atoms with E-state index in [0.29, 0.717) is 19.4 Å². The maximum Gasteiger partial charge on any atom is 0.305 e. The highest BCUT2D eigenvalue weighted by atomic mass is 16.5. The fourth-order valence-electron chi connectivity index (χ4n) is 9.99. The van der Waals surface area contributed by atoms with Crippen LogP contribution in [0.1, 0.15) is 354 Å². The van der Waals surface area contributed by atoms with Gasteiger partial charge in [0.1, 0.15) is 0 Å². The lowest BCUT2D eigenvalue weighted by Crippen LogP contribution is -2.45. The minimum atomic E-state index is -0.849. The SMILES string of the molecule is CCCCCCCCCCCCCCCCCCCCCCC/C=C/C(O)C(CO)NC(=O)CCCCCCCCCCCCCCCCCCOC(=O)CCCCCCCCCCCCCCC. The van der Waals surface area contributed by atoms with Gasteiger partial charge in [-0.1, -0.05) is 321 Å². The zero-order chi connectivity index (χ0) is 50.0. The highest BCUT2D eigenvalue weighted by Crippen LogP contribution is 2.18. The molecule has 0 rings (SSSR count). The van der Waals surface area contributed by atoms with Crippen LogP contribution in [0.3, 0.4) is 0 Å². The molecule has 6 nitrogen and oxygen atoms in total. The molecule has 6 heteroatoms.